The molecule has 0 radical (unpaired) electrons. The Kier molecular flexibility index (Phi) is 5.82. The van der Waals surface area contributed by atoms with Gasteiger partial charge in [-0.05, 0) is 29.8 Å². The third-order valence-corrected chi connectivity index (χ3v) is 3.90. The molecule has 0 unspecified atom stereocenters. The predicted octanol–water partition coefficient (Wildman–Crippen LogP) is 3.38. The first-order valence-electron chi connectivity index (χ1n) is 6.80. The Labute approximate surface area is 140 Å². The van der Waals surface area contributed by atoms with Crippen LogP contribution in [-0.2, 0) is 17.5 Å². The normalized spacial score (nSPS) is 10.9. The first-order chi connectivity index (χ1) is 11.4. The molecule has 0 saturated carbocycles. The quantitative estimate of drug-likeness (QED) is 0.839. The molecular formula is C16H12F3N3OS. The van der Waals surface area contributed by atoms with Crippen LogP contribution in [0, 0.1) is 11.3 Å². The average Bonchev–Trinajstić information content (AvgIpc) is 2.58. The van der Waals surface area contributed by atoms with Gasteiger partial charge in [0, 0.05) is 12.7 Å². The van der Waals surface area contributed by atoms with E-state index in [2.05, 4.69) is 10.3 Å². The number of alkyl halides is 3. The number of rotatable bonds is 5. The molecule has 0 saturated heterocycles. The number of pyridine rings is 1. The predicted molar refractivity (Wildman–Crippen MR) is 83.0 cm³/mol. The molecule has 124 valence electrons. The number of nitrogens with zero attached hydrogens (tertiary/aromatic N) is 2. The van der Waals surface area contributed by atoms with Crippen molar-refractivity contribution in [2.24, 2.45) is 0 Å². The van der Waals surface area contributed by atoms with Crippen LogP contribution in [0.5, 0.6) is 0 Å². The highest BCUT2D eigenvalue weighted by molar-refractivity contribution is 7.99. The van der Waals surface area contributed by atoms with Crippen LogP contribution in [0.2, 0.25) is 0 Å². The van der Waals surface area contributed by atoms with Gasteiger partial charge < -0.3 is 5.32 Å². The maximum Gasteiger partial charge on any atom is 0.417 e. The molecule has 2 aromatic rings. The maximum atomic E-state index is 12.4. The minimum atomic E-state index is -4.43. The van der Waals surface area contributed by atoms with Gasteiger partial charge in [-0.3, -0.25) is 4.79 Å². The summed E-state index contributed by atoms with van der Waals surface area (Å²) in [5, 5.41) is 11.8. The number of aromatic nitrogens is 1. The number of halogens is 3. The number of amides is 1. The van der Waals surface area contributed by atoms with Crippen LogP contribution in [0.4, 0.5) is 13.2 Å². The zero-order chi connectivity index (χ0) is 17.6. The van der Waals surface area contributed by atoms with Gasteiger partial charge in [-0.15, -0.1) is 0 Å². The highest BCUT2D eigenvalue weighted by Crippen LogP contribution is 2.29. The van der Waals surface area contributed by atoms with Crippen LogP contribution in [0.25, 0.3) is 0 Å². The van der Waals surface area contributed by atoms with Gasteiger partial charge in [0.1, 0.15) is 0 Å². The lowest BCUT2D eigenvalue weighted by molar-refractivity contribution is -0.137. The van der Waals surface area contributed by atoms with Gasteiger partial charge in [-0.2, -0.15) is 18.4 Å². The van der Waals surface area contributed by atoms with Crippen LogP contribution >= 0.6 is 11.8 Å². The number of hydrogen-bond donors (Lipinski definition) is 1. The Hall–Kier alpha value is -2.53. The number of nitrogens with one attached hydrogen (secondary N) is 1. The third kappa shape index (κ3) is 5.28. The second-order valence-electron chi connectivity index (χ2n) is 4.76. The summed E-state index contributed by atoms with van der Waals surface area (Å²) in [5.74, 6) is -0.236. The molecule has 0 aliphatic heterocycles. The molecule has 1 aromatic heterocycles. The number of thioether (sulfide) groups is 1. The van der Waals surface area contributed by atoms with E-state index >= 15 is 0 Å². The second-order valence-corrected chi connectivity index (χ2v) is 5.76. The van der Waals surface area contributed by atoms with Crippen LogP contribution in [-0.4, -0.2) is 16.6 Å². The summed E-state index contributed by atoms with van der Waals surface area (Å²) >= 11 is 1.05. The topological polar surface area (TPSA) is 65.8 Å². The van der Waals surface area contributed by atoms with E-state index in [0.29, 0.717) is 10.6 Å². The van der Waals surface area contributed by atoms with E-state index in [0.717, 1.165) is 29.6 Å². The van der Waals surface area contributed by atoms with Crippen molar-refractivity contribution in [3.05, 3.63) is 59.3 Å². The van der Waals surface area contributed by atoms with Gasteiger partial charge in [0.2, 0.25) is 5.91 Å². The van der Waals surface area contributed by atoms with Crippen molar-refractivity contribution in [3.8, 4) is 6.07 Å². The van der Waals surface area contributed by atoms with E-state index in [1.165, 1.54) is 6.07 Å². The molecule has 0 atom stereocenters. The van der Waals surface area contributed by atoms with E-state index in [-0.39, 0.29) is 18.2 Å². The lowest BCUT2D eigenvalue weighted by Gasteiger charge is -2.07. The minimum Gasteiger partial charge on any atom is -0.351 e. The molecule has 1 amide bonds. The van der Waals surface area contributed by atoms with Gasteiger partial charge in [0.15, 0.2) is 0 Å². The Morgan fingerprint density at radius 3 is 2.71 bits per heavy atom. The zero-order valence-electron chi connectivity index (χ0n) is 12.3. The highest BCUT2D eigenvalue weighted by atomic mass is 32.2. The molecule has 1 N–H and O–H groups in total. The molecule has 2 rings (SSSR count). The van der Waals surface area contributed by atoms with Crippen LogP contribution < -0.4 is 5.32 Å². The van der Waals surface area contributed by atoms with Crippen molar-refractivity contribution >= 4 is 17.7 Å². The van der Waals surface area contributed by atoms with Gasteiger partial charge >= 0.3 is 6.18 Å². The van der Waals surface area contributed by atoms with Gasteiger partial charge in [-0.1, -0.05) is 23.9 Å². The van der Waals surface area contributed by atoms with Crippen molar-refractivity contribution in [3.63, 3.8) is 0 Å². The Bertz CT molecular complexity index is 754. The largest absolute Gasteiger partial charge is 0.417 e. The summed E-state index contributed by atoms with van der Waals surface area (Å²) in [6.07, 6.45) is -3.68. The fourth-order valence-electron chi connectivity index (χ4n) is 1.78. The first-order valence-corrected chi connectivity index (χ1v) is 7.79. The summed E-state index contributed by atoms with van der Waals surface area (Å²) in [6.45, 7) is 0.273. The number of nitriles is 1. The second kappa shape index (κ2) is 7.84. The smallest absolute Gasteiger partial charge is 0.351 e. The number of hydrogen-bond acceptors (Lipinski definition) is 4. The van der Waals surface area contributed by atoms with Crippen molar-refractivity contribution in [2.45, 2.75) is 17.7 Å². The fraction of sp³-hybridized carbons (Fsp3) is 0.188. The Balaban J connectivity index is 1.82. The molecule has 0 aliphatic rings. The Morgan fingerprint density at radius 2 is 2.08 bits per heavy atom. The van der Waals surface area contributed by atoms with E-state index in [4.69, 9.17) is 5.26 Å². The molecule has 4 nitrogen and oxygen atoms in total. The number of benzene rings is 1. The summed E-state index contributed by atoms with van der Waals surface area (Å²) in [4.78, 5) is 15.5. The molecule has 0 fully saturated rings. The zero-order valence-corrected chi connectivity index (χ0v) is 13.1. The number of carbonyl (C=O) groups excluding carboxylic acids is 1. The van der Waals surface area contributed by atoms with Crippen LogP contribution in [0.15, 0.2) is 47.6 Å². The van der Waals surface area contributed by atoms with E-state index in [1.807, 2.05) is 6.07 Å². The molecule has 0 aliphatic carbocycles. The summed E-state index contributed by atoms with van der Waals surface area (Å²) in [5.41, 5.74) is 0.471. The van der Waals surface area contributed by atoms with Gasteiger partial charge in [-0.25, -0.2) is 4.98 Å². The molecule has 8 heteroatoms. The average molecular weight is 351 g/mol. The van der Waals surface area contributed by atoms with E-state index in [1.54, 1.807) is 24.3 Å². The van der Waals surface area contributed by atoms with Gasteiger partial charge in [0.05, 0.1) is 28.0 Å². The first kappa shape index (κ1) is 17.8. The SMILES string of the molecule is N#Cc1cccc(CNC(=O)CSc2ccc(C(F)(F)F)cn2)c1. The molecular weight excluding hydrogens is 339 g/mol. The van der Waals surface area contributed by atoms with Crippen molar-refractivity contribution < 1.29 is 18.0 Å². The summed E-state index contributed by atoms with van der Waals surface area (Å²) < 4.78 is 37.3. The monoisotopic (exact) mass is 351 g/mol. The summed E-state index contributed by atoms with van der Waals surface area (Å²) in [7, 11) is 0. The van der Waals surface area contributed by atoms with Crippen LogP contribution in [0.1, 0.15) is 16.7 Å². The lowest BCUT2D eigenvalue weighted by Crippen LogP contribution is -2.24. The van der Waals surface area contributed by atoms with Crippen molar-refractivity contribution in [2.75, 3.05) is 5.75 Å². The van der Waals surface area contributed by atoms with E-state index < -0.39 is 11.7 Å². The summed E-state index contributed by atoms with van der Waals surface area (Å²) in [6, 6.07) is 11.0. The number of carbonyl (C=O) groups is 1. The van der Waals surface area contributed by atoms with Gasteiger partial charge in [0.25, 0.3) is 0 Å². The molecule has 0 spiro atoms. The highest BCUT2D eigenvalue weighted by Gasteiger charge is 2.30. The minimum absolute atomic E-state index is 0.0380. The van der Waals surface area contributed by atoms with Crippen molar-refractivity contribution in [1.82, 2.24) is 10.3 Å². The van der Waals surface area contributed by atoms with Crippen molar-refractivity contribution in [1.29, 1.82) is 5.26 Å². The third-order valence-electron chi connectivity index (χ3n) is 2.96. The molecule has 1 heterocycles. The molecule has 0 bridgehead atoms. The fourth-order valence-corrected chi connectivity index (χ4v) is 2.45. The molecule has 24 heavy (non-hydrogen) atoms. The maximum absolute atomic E-state index is 12.4. The van der Waals surface area contributed by atoms with E-state index in [9.17, 15) is 18.0 Å². The van der Waals surface area contributed by atoms with Crippen LogP contribution in [0.3, 0.4) is 0 Å². The lowest BCUT2D eigenvalue weighted by atomic mass is 10.1. The molecule has 1 aromatic carbocycles. The standard InChI is InChI=1S/C16H12F3N3OS/c17-16(18,19)13-4-5-15(22-9-13)24-10-14(23)21-8-12-3-1-2-11(6-12)7-20/h1-6,9H,8,10H2,(H,21,23). The Morgan fingerprint density at radius 1 is 1.29 bits per heavy atom.